The first-order valence-electron chi connectivity index (χ1n) is 9.02. The van der Waals surface area contributed by atoms with Gasteiger partial charge >= 0.3 is 6.03 Å². The third-order valence-electron chi connectivity index (χ3n) is 5.07. The van der Waals surface area contributed by atoms with E-state index in [9.17, 15) is 4.79 Å². The van der Waals surface area contributed by atoms with E-state index in [1.165, 1.54) is 0 Å². The third kappa shape index (κ3) is 4.52. The van der Waals surface area contributed by atoms with Crippen molar-refractivity contribution in [1.29, 1.82) is 0 Å². The zero-order chi connectivity index (χ0) is 17.8. The molecule has 0 spiro atoms. The fourth-order valence-corrected chi connectivity index (χ4v) is 3.91. The predicted octanol–water partition coefficient (Wildman–Crippen LogP) is 3.17. The summed E-state index contributed by atoms with van der Waals surface area (Å²) in [4.78, 5) is 18.4. The lowest BCUT2D eigenvalue weighted by atomic mass is 9.96. The van der Waals surface area contributed by atoms with Gasteiger partial charge in [-0.25, -0.2) is 4.79 Å². The summed E-state index contributed by atoms with van der Waals surface area (Å²) in [5.74, 6) is 0.642. The molecule has 138 valence electrons. The smallest absolute Gasteiger partial charge is 0.317 e. The minimum absolute atomic E-state index is 0.0748. The molecule has 0 radical (unpaired) electrons. The number of piperazine rings is 1. The van der Waals surface area contributed by atoms with Crippen LogP contribution in [0.1, 0.15) is 13.3 Å². The van der Waals surface area contributed by atoms with Gasteiger partial charge in [-0.3, -0.25) is 4.90 Å². The number of halogens is 2. The molecule has 0 aromatic heterocycles. The van der Waals surface area contributed by atoms with Crippen LogP contribution in [0, 0.1) is 5.92 Å². The summed E-state index contributed by atoms with van der Waals surface area (Å²) in [5.41, 5.74) is 1.03. The highest BCUT2D eigenvalue weighted by Crippen LogP contribution is 2.33. The van der Waals surface area contributed by atoms with Crippen molar-refractivity contribution >= 4 is 34.9 Å². The van der Waals surface area contributed by atoms with Gasteiger partial charge in [0.1, 0.15) is 0 Å². The van der Waals surface area contributed by atoms with Gasteiger partial charge in [-0.05, 0) is 37.9 Å². The molecule has 2 amide bonds. The van der Waals surface area contributed by atoms with Gasteiger partial charge in [0, 0.05) is 45.8 Å². The first-order chi connectivity index (χ1) is 12.1. The van der Waals surface area contributed by atoms with Gasteiger partial charge in [0.05, 0.1) is 15.7 Å². The zero-order valence-electron chi connectivity index (χ0n) is 14.7. The predicted molar refractivity (Wildman–Crippen MR) is 104 cm³/mol. The summed E-state index contributed by atoms with van der Waals surface area (Å²) in [5, 5.41) is 4.12. The number of likely N-dealkylation sites (tertiary alicyclic amines) is 1. The number of urea groups is 1. The molecular formula is C18H26Cl2N4O. The summed E-state index contributed by atoms with van der Waals surface area (Å²) >= 11 is 12.5. The van der Waals surface area contributed by atoms with E-state index in [2.05, 4.69) is 15.1 Å². The molecule has 0 atom stereocenters. The van der Waals surface area contributed by atoms with E-state index in [1.807, 2.05) is 30.0 Å². The van der Waals surface area contributed by atoms with Crippen molar-refractivity contribution in [3.05, 3.63) is 28.2 Å². The molecule has 5 nitrogen and oxygen atoms in total. The van der Waals surface area contributed by atoms with Crippen molar-refractivity contribution in [2.24, 2.45) is 5.92 Å². The van der Waals surface area contributed by atoms with E-state index in [1.54, 1.807) is 0 Å². The maximum atomic E-state index is 11.7. The molecule has 2 saturated heterocycles. The van der Waals surface area contributed by atoms with Crippen LogP contribution >= 0.6 is 23.2 Å². The van der Waals surface area contributed by atoms with E-state index in [4.69, 9.17) is 23.2 Å². The van der Waals surface area contributed by atoms with E-state index in [0.29, 0.717) is 22.5 Å². The Balaban J connectivity index is 1.38. The van der Waals surface area contributed by atoms with Gasteiger partial charge in [-0.15, -0.1) is 0 Å². The Labute approximate surface area is 159 Å². The summed E-state index contributed by atoms with van der Waals surface area (Å²) < 4.78 is 0. The lowest BCUT2D eigenvalue weighted by Gasteiger charge is -2.41. The second-order valence-electron chi connectivity index (χ2n) is 6.80. The average Bonchev–Trinajstić information content (AvgIpc) is 2.57. The van der Waals surface area contributed by atoms with Crippen LogP contribution in [-0.2, 0) is 0 Å². The van der Waals surface area contributed by atoms with E-state index >= 15 is 0 Å². The molecule has 2 aliphatic heterocycles. The molecule has 2 fully saturated rings. The van der Waals surface area contributed by atoms with Crippen molar-refractivity contribution < 1.29 is 4.79 Å². The Morgan fingerprint density at radius 1 is 1.20 bits per heavy atom. The van der Waals surface area contributed by atoms with E-state index in [-0.39, 0.29) is 6.03 Å². The Morgan fingerprint density at radius 2 is 1.92 bits per heavy atom. The number of carbonyl (C=O) groups is 1. The van der Waals surface area contributed by atoms with Crippen LogP contribution in [0.15, 0.2) is 18.2 Å². The van der Waals surface area contributed by atoms with Crippen LogP contribution in [-0.4, -0.2) is 68.2 Å². The van der Waals surface area contributed by atoms with Crippen LogP contribution in [0.2, 0.25) is 10.0 Å². The van der Waals surface area contributed by atoms with Gasteiger partial charge in [0.15, 0.2) is 0 Å². The lowest BCUT2D eigenvalue weighted by molar-refractivity contribution is 0.105. The summed E-state index contributed by atoms with van der Waals surface area (Å²) in [6.07, 6.45) is 1.16. The molecule has 25 heavy (non-hydrogen) atoms. The second-order valence-corrected chi connectivity index (χ2v) is 7.58. The number of hydrogen-bond donors (Lipinski definition) is 1. The molecule has 0 bridgehead atoms. The summed E-state index contributed by atoms with van der Waals surface area (Å²) in [6.45, 7) is 9.54. The topological polar surface area (TPSA) is 38.8 Å². The molecule has 3 rings (SSSR count). The monoisotopic (exact) mass is 384 g/mol. The fourth-order valence-electron chi connectivity index (χ4n) is 3.50. The van der Waals surface area contributed by atoms with Crippen LogP contribution in [0.5, 0.6) is 0 Å². The molecule has 1 aromatic carbocycles. The van der Waals surface area contributed by atoms with Crippen LogP contribution in [0.3, 0.4) is 0 Å². The van der Waals surface area contributed by atoms with Crippen LogP contribution in [0.4, 0.5) is 10.5 Å². The lowest BCUT2D eigenvalue weighted by Crippen LogP contribution is -2.54. The number of benzene rings is 1. The Kier molecular flexibility index (Phi) is 6.31. The molecule has 2 heterocycles. The van der Waals surface area contributed by atoms with Gasteiger partial charge < -0.3 is 15.1 Å². The highest BCUT2D eigenvalue weighted by Gasteiger charge is 2.30. The average molecular weight is 385 g/mol. The fraction of sp³-hybridized carbons (Fsp3) is 0.611. The minimum Gasteiger partial charge on any atom is -0.368 e. The van der Waals surface area contributed by atoms with Crippen LogP contribution in [0.25, 0.3) is 0 Å². The Hall–Kier alpha value is -1.17. The first-order valence-corrected chi connectivity index (χ1v) is 9.78. The number of hydrogen-bond acceptors (Lipinski definition) is 3. The quantitative estimate of drug-likeness (QED) is 0.846. The number of amides is 2. The van der Waals surface area contributed by atoms with Crippen molar-refractivity contribution in [1.82, 2.24) is 15.1 Å². The number of carbonyl (C=O) groups excluding carboxylic acids is 1. The van der Waals surface area contributed by atoms with Gasteiger partial charge in [0.2, 0.25) is 0 Å². The number of nitrogens with zero attached hydrogens (tertiary/aromatic N) is 3. The summed E-state index contributed by atoms with van der Waals surface area (Å²) in [6, 6.07) is 5.89. The first kappa shape index (κ1) is 18.6. The highest BCUT2D eigenvalue weighted by atomic mass is 35.5. The molecule has 1 aromatic rings. The molecular weight excluding hydrogens is 359 g/mol. The molecule has 1 N–H and O–H groups in total. The Morgan fingerprint density at radius 3 is 2.60 bits per heavy atom. The van der Waals surface area contributed by atoms with Crippen molar-refractivity contribution in [2.45, 2.75) is 13.3 Å². The van der Waals surface area contributed by atoms with E-state index < -0.39 is 0 Å². The SMILES string of the molecule is CCNC(=O)N1CC(CCN2CCN(c3cccc(Cl)c3Cl)CC2)C1. The highest BCUT2D eigenvalue weighted by molar-refractivity contribution is 6.43. The normalized spacial score (nSPS) is 19.0. The van der Waals surface area contributed by atoms with Crippen molar-refractivity contribution in [3.8, 4) is 0 Å². The minimum atomic E-state index is 0.0748. The molecule has 0 aliphatic carbocycles. The Bertz CT molecular complexity index is 599. The molecule has 0 saturated carbocycles. The molecule has 7 heteroatoms. The maximum absolute atomic E-state index is 11.7. The van der Waals surface area contributed by atoms with Crippen molar-refractivity contribution in [2.75, 3.05) is 57.3 Å². The van der Waals surface area contributed by atoms with Gasteiger partial charge in [-0.2, -0.15) is 0 Å². The maximum Gasteiger partial charge on any atom is 0.317 e. The van der Waals surface area contributed by atoms with E-state index in [0.717, 1.165) is 57.9 Å². The number of nitrogens with one attached hydrogen (secondary N) is 1. The third-order valence-corrected chi connectivity index (χ3v) is 5.88. The largest absolute Gasteiger partial charge is 0.368 e. The summed E-state index contributed by atoms with van der Waals surface area (Å²) in [7, 11) is 0. The zero-order valence-corrected chi connectivity index (χ0v) is 16.2. The molecule has 2 aliphatic rings. The van der Waals surface area contributed by atoms with Gasteiger partial charge in [-0.1, -0.05) is 29.3 Å². The number of rotatable bonds is 5. The second kappa shape index (κ2) is 8.47. The van der Waals surface area contributed by atoms with Crippen molar-refractivity contribution in [3.63, 3.8) is 0 Å². The number of anilines is 1. The molecule has 0 unspecified atom stereocenters. The van der Waals surface area contributed by atoms with Crippen LogP contribution < -0.4 is 10.2 Å². The van der Waals surface area contributed by atoms with Gasteiger partial charge in [0.25, 0.3) is 0 Å². The standard InChI is InChI=1S/C18H26Cl2N4O/c1-2-21-18(25)24-12-14(13-24)6-7-22-8-10-23(11-9-22)16-5-3-4-15(19)17(16)20/h3-5,14H,2,6-13H2,1H3,(H,21,25).